The molecule has 0 heterocycles. The monoisotopic (exact) mass is 350 g/mol. The van der Waals surface area contributed by atoms with Gasteiger partial charge in [0.15, 0.2) is 0 Å². The zero-order chi connectivity index (χ0) is 18.4. The first kappa shape index (κ1) is 18.2. The van der Waals surface area contributed by atoms with Crippen LogP contribution in [-0.4, -0.2) is 11.6 Å². The maximum absolute atomic E-state index is 12.3. The van der Waals surface area contributed by atoms with Crippen molar-refractivity contribution in [3.8, 4) is 5.75 Å². The summed E-state index contributed by atoms with van der Waals surface area (Å²) in [7, 11) is 0. The number of carbonyl (C=O) groups is 1. The molecule has 4 heteroatoms. The zero-order valence-electron chi connectivity index (χ0n) is 15.4. The average molecular weight is 350 g/mol. The van der Waals surface area contributed by atoms with Crippen LogP contribution in [0.5, 0.6) is 5.75 Å². The maximum atomic E-state index is 12.3. The molecule has 0 radical (unpaired) electrons. The molecule has 2 aromatic rings. The van der Waals surface area contributed by atoms with Crippen LogP contribution in [0.1, 0.15) is 49.0 Å². The normalized spacial score (nSPS) is 21.4. The van der Waals surface area contributed by atoms with Gasteiger partial charge in [0, 0.05) is 11.3 Å². The van der Waals surface area contributed by atoms with Crippen molar-refractivity contribution < 1.29 is 9.53 Å². The summed E-state index contributed by atoms with van der Waals surface area (Å²) in [6, 6.07) is 17.1. The number of nitrogens with one attached hydrogen (secondary N) is 1. The van der Waals surface area contributed by atoms with Gasteiger partial charge in [-0.1, -0.05) is 50.6 Å². The van der Waals surface area contributed by atoms with E-state index in [0.717, 1.165) is 29.9 Å². The van der Waals surface area contributed by atoms with E-state index in [4.69, 9.17) is 4.74 Å². The lowest BCUT2D eigenvalue weighted by Gasteiger charge is -2.26. The number of amides is 1. The van der Waals surface area contributed by atoms with E-state index in [1.807, 2.05) is 54.6 Å². The van der Waals surface area contributed by atoms with Crippen molar-refractivity contribution in [3.63, 3.8) is 0 Å². The van der Waals surface area contributed by atoms with Crippen molar-refractivity contribution in [2.24, 2.45) is 16.9 Å². The van der Waals surface area contributed by atoms with E-state index >= 15 is 0 Å². The van der Waals surface area contributed by atoms with Gasteiger partial charge in [0.1, 0.15) is 12.4 Å². The Kier molecular flexibility index (Phi) is 6.05. The molecular formula is C22H26N2O2. The van der Waals surface area contributed by atoms with Gasteiger partial charge in [-0.2, -0.15) is 5.10 Å². The van der Waals surface area contributed by atoms with Gasteiger partial charge in [-0.3, -0.25) is 4.79 Å². The Balaban J connectivity index is 1.56. The minimum atomic E-state index is -0.169. The molecule has 2 atom stereocenters. The van der Waals surface area contributed by atoms with E-state index < -0.39 is 0 Å². The van der Waals surface area contributed by atoms with E-state index in [1.54, 1.807) is 0 Å². The van der Waals surface area contributed by atoms with E-state index in [-0.39, 0.29) is 5.91 Å². The Morgan fingerprint density at radius 3 is 2.35 bits per heavy atom. The van der Waals surface area contributed by atoms with Gasteiger partial charge in [-0.25, -0.2) is 5.43 Å². The molecule has 0 spiro atoms. The van der Waals surface area contributed by atoms with Gasteiger partial charge in [-0.05, 0) is 54.5 Å². The van der Waals surface area contributed by atoms with Crippen molar-refractivity contribution in [1.29, 1.82) is 0 Å². The van der Waals surface area contributed by atoms with Gasteiger partial charge in [0.2, 0.25) is 0 Å². The second kappa shape index (κ2) is 8.65. The quantitative estimate of drug-likeness (QED) is 0.787. The molecule has 1 aliphatic rings. The van der Waals surface area contributed by atoms with Crippen LogP contribution in [0.2, 0.25) is 0 Å². The van der Waals surface area contributed by atoms with Gasteiger partial charge >= 0.3 is 0 Å². The topological polar surface area (TPSA) is 50.7 Å². The third-order valence-corrected chi connectivity index (χ3v) is 4.94. The van der Waals surface area contributed by atoms with Crippen molar-refractivity contribution >= 4 is 11.6 Å². The van der Waals surface area contributed by atoms with E-state index in [2.05, 4.69) is 24.4 Å². The standard InChI is InChI=1S/C22H26N2O2/c1-16-7-6-8-17(2)21(16)23-24-22(25)19-13-11-18(12-14-19)15-26-20-9-4-3-5-10-20/h3-5,9-14,16-17H,6-8,15H2,1-2H3,(H,24,25)/t16-,17+. The van der Waals surface area contributed by atoms with Crippen LogP contribution in [-0.2, 0) is 6.61 Å². The number of ether oxygens (including phenoxy) is 1. The predicted molar refractivity (Wildman–Crippen MR) is 104 cm³/mol. The largest absolute Gasteiger partial charge is 0.489 e. The minimum absolute atomic E-state index is 0.169. The molecule has 0 aromatic heterocycles. The van der Waals surface area contributed by atoms with E-state index in [0.29, 0.717) is 24.0 Å². The predicted octanol–water partition coefficient (Wildman–Crippen LogP) is 4.81. The van der Waals surface area contributed by atoms with E-state index in [9.17, 15) is 4.79 Å². The van der Waals surface area contributed by atoms with Crippen molar-refractivity contribution in [1.82, 2.24) is 5.43 Å². The highest BCUT2D eigenvalue weighted by molar-refractivity contribution is 5.96. The Bertz CT molecular complexity index is 741. The molecule has 26 heavy (non-hydrogen) atoms. The zero-order valence-corrected chi connectivity index (χ0v) is 15.4. The molecule has 0 aliphatic heterocycles. The van der Waals surface area contributed by atoms with Crippen LogP contribution in [0, 0.1) is 11.8 Å². The summed E-state index contributed by atoms with van der Waals surface area (Å²) in [5, 5.41) is 4.41. The maximum Gasteiger partial charge on any atom is 0.271 e. The Morgan fingerprint density at radius 2 is 1.69 bits per heavy atom. The lowest BCUT2D eigenvalue weighted by Crippen LogP contribution is -2.29. The number of nitrogens with zero attached hydrogens (tertiary/aromatic N) is 1. The van der Waals surface area contributed by atoms with Gasteiger partial charge in [0.25, 0.3) is 5.91 Å². The second-order valence-corrected chi connectivity index (χ2v) is 7.01. The molecule has 2 aromatic carbocycles. The fourth-order valence-corrected chi connectivity index (χ4v) is 3.35. The molecule has 1 saturated carbocycles. The van der Waals surface area contributed by atoms with E-state index in [1.165, 1.54) is 6.42 Å². The number of para-hydroxylation sites is 1. The first-order chi connectivity index (χ1) is 12.6. The fourth-order valence-electron chi connectivity index (χ4n) is 3.35. The summed E-state index contributed by atoms with van der Waals surface area (Å²) < 4.78 is 5.72. The lowest BCUT2D eigenvalue weighted by molar-refractivity contribution is 0.0954. The second-order valence-electron chi connectivity index (χ2n) is 7.01. The first-order valence-corrected chi connectivity index (χ1v) is 9.28. The third-order valence-electron chi connectivity index (χ3n) is 4.94. The highest BCUT2D eigenvalue weighted by atomic mass is 16.5. The molecule has 0 unspecified atom stereocenters. The molecule has 4 nitrogen and oxygen atoms in total. The number of benzene rings is 2. The summed E-state index contributed by atoms with van der Waals surface area (Å²) in [5.74, 6) is 1.55. The smallest absolute Gasteiger partial charge is 0.271 e. The van der Waals surface area contributed by atoms with Crippen LogP contribution in [0.3, 0.4) is 0 Å². The number of hydrogen-bond donors (Lipinski definition) is 1. The van der Waals surface area contributed by atoms with Crippen molar-refractivity contribution in [2.75, 3.05) is 0 Å². The average Bonchev–Trinajstić information content (AvgIpc) is 2.67. The molecule has 0 bridgehead atoms. The SMILES string of the molecule is C[C@@H]1CCC[C@H](C)C1=NNC(=O)c1ccc(COc2ccccc2)cc1. The summed E-state index contributed by atoms with van der Waals surface area (Å²) in [5.41, 5.74) is 5.46. The third kappa shape index (κ3) is 4.72. The van der Waals surface area contributed by atoms with Crippen LogP contribution in [0.15, 0.2) is 59.7 Å². The Morgan fingerprint density at radius 1 is 1.04 bits per heavy atom. The molecule has 3 rings (SSSR count). The summed E-state index contributed by atoms with van der Waals surface area (Å²) >= 11 is 0. The van der Waals surface area contributed by atoms with Crippen LogP contribution >= 0.6 is 0 Å². The number of hydrogen-bond acceptors (Lipinski definition) is 3. The number of carbonyl (C=O) groups excluding carboxylic acids is 1. The molecule has 1 aliphatic carbocycles. The molecule has 1 amide bonds. The molecule has 1 fully saturated rings. The molecule has 136 valence electrons. The molecular weight excluding hydrogens is 324 g/mol. The van der Waals surface area contributed by atoms with Crippen LogP contribution in [0.4, 0.5) is 0 Å². The highest BCUT2D eigenvalue weighted by Crippen LogP contribution is 2.25. The molecule has 1 N–H and O–H groups in total. The van der Waals surface area contributed by atoms with Crippen molar-refractivity contribution in [2.45, 2.75) is 39.7 Å². The van der Waals surface area contributed by atoms with Gasteiger partial charge in [0.05, 0.1) is 0 Å². The Hall–Kier alpha value is -2.62. The van der Waals surface area contributed by atoms with Crippen LogP contribution < -0.4 is 10.2 Å². The highest BCUT2D eigenvalue weighted by Gasteiger charge is 2.23. The lowest BCUT2D eigenvalue weighted by atomic mass is 9.81. The number of rotatable bonds is 5. The Labute approximate surface area is 155 Å². The summed E-state index contributed by atoms with van der Waals surface area (Å²) in [4.78, 5) is 12.3. The minimum Gasteiger partial charge on any atom is -0.489 e. The molecule has 0 saturated heterocycles. The van der Waals surface area contributed by atoms with Gasteiger partial charge in [-0.15, -0.1) is 0 Å². The van der Waals surface area contributed by atoms with Gasteiger partial charge < -0.3 is 4.74 Å². The fraction of sp³-hybridized carbons (Fsp3) is 0.364. The van der Waals surface area contributed by atoms with Crippen LogP contribution in [0.25, 0.3) is 0 Å². The summed E-state index contributed by atoms with van der Waals surface area (Å²) in [6.45, 7) is 4.84. The number of hydrazone groups is 1. The summed E-state index contributed by atoms with van der Waals surface area (Å²) in [6.07, 6.45) is 3.53. The van der Waals surface area contributed by atoms with Crippen molar-refractivity contribution in [3.05, 3.63) is 65.7 Å². The first-order valence-electron chi connectivity index (χ1n) is 9.28.